The maximum Gasteiger partial charge on any atom is 0.299 e. The van der Waals surface area contributed by atoms with Gasteiger partial charge in [-0.25, -0.2) is 0 Å². The van der Waals surface area contributed by atoms with Gasteiger partial charge >= 0.3 is 0 Å². The molecule has 0 aromatic heterocycles. The van der Waals surface area contributed by atoms with Crippen molar-refractivity contribution in [3.8, 4) is 0 Å². The number of benzene rings is 1. The second kappa shape index (κ2) is 10.4. The number of aryl methyl sites for hydroxylation is 1. The largest absolute Gasteiger partial charge is 0.327 e. The SMILES string of the molecule is CCCCCCCCc1ccc(NS(=O)(=O)NC2CCC[N+](C)(C)C2)cc1. The second-order valence-electron chi connectivity index (χ2n) is 8.62. The summed E-state index contributed by atoms with van der Waals surface area (Å²) in [6.45, 7) is 4.17. The van der Waals surface area contributed by atoms with Crippen LogP contribution >= 0.6 is 0 Å². The van der Waals surface area contributed by atoms with Crippen molar-refractivity contribution in [3.63, 3.8) is 0 Å². The van der Waals surface area contributed by atoms with E-state index in [9.17, 15) is 8.42 Å². The third-order valence-corrected chi connectivity index (χ3v) is 6.53. The van der Waals surface area contributed by atoms with Crippen LogP contribution in [0.25, 0.3) is 0 Å². The molecule has 1 unspecified atom stereocenters. The van der Waals surface area contributed by atoms with Crippen LogP contribution in [0.4, 0.5) is 5.69 Å². The molecule has 2 N–H and O–H groups in total. The lowest BCUT2D eigenvalue weighted by molar-refractivity contribution is -0.895. The third-order valence-electron chi connectivity index (χ3n) is 5.38. The van der Waals surface area contributed by atoms with Gasteiger partial charge < -0.3 is 4.48 Å². The van der Waals surface area contributed by atoms with E-state index < -0.39 is 10.2 Å². The molecule has 1 fully saturated rings. The lowest BCUT2D eigenvalue weighted by Gasteiger charge is -2.38. The van der Waals surface area contributed by atoms with Crippen LogP contribution in [0.2, 0.25) is 0 Å². The number of hydrogen-bond donors (Lipinski definition) is 2. The molecule has 5 nitrogen and oxygen atoms in total. The molecule has 6 heteroatoms. The topological polar surface area (TPSA) is 58.2 Å². The van der Waals surface area contributed by atoms with E-state index in [1.807, 2.05) is 24.3 Å². The van der Waals surface area contributed by atoms with Crippen LogP contribution in [0.15, 0.2) is 24.3 Å². The monoisotopic (exact) mass is 396 g/mol. The molecule has 0 amide bonds. The average Bonchev–Trinajstić information content (AvgIpc) is 2.58. The van der Waals surface area contributed by atoms with Gasteiger partial charge in [-0.3, -0.25) is 4.72 Å². The van der Waals surface area contributed by atoms with Gasteiger partial charge in [-0.05, 0) is 43.4 Å². The van der Waals surface area contributed by atoms with Crippen molar-refractivity contribution in [1.82, 2.24) is 4.72 Å². The summed E-state index contributed by atoms with van der Waals surface area (Å²) in [6.07, 6.45) is 10.7. The molecule has 0 aliphatic carbocycles. The first-order chi connectivity index (χ1) is 12.8. The van der Waals surface area contributed by atoms with E-state index in [0.29, 0.717) is 5.69 Å². The maximum absolute atomic E-state index is 12.4. The Morgan fingerprint density at radius 3 is 2.37 bits per heavy atom. The molecule has 1 atom stereocenters. The Labute approximate surface area is 166 Å². The highest BCUT2D eigenvalue weighted by Crippen LogP contribution is 2.17. The molecule has 0 saturated carbocycles. The molecule has 1 aromatic carbocycles. The smallest absolute Gasteiger partial charge is 0.299 e. The standard InChI is InChI=1S/C21H38N3O2S/c1-4-5-6-7-8-9-11-19-13-15-20(16-14-19)22-27(25,26)23-21-12-10-17-24(2,3)18-21/h13-16,21-23H,4-12,17-18H2,1-3H3/q+1. The quantitative estimate of drug-likeness (QED) is 0.437. The molecule has 1 heterocycles. The van der Waals surface area contributed by atoms with Crippen molar-refractivity contribution in [2.45, 2.75) is 70.8 Å². The predicted octanol–water partition coefficient (Wildman–Crippen LogP) is 4.07. The molecular weight excluding hydrogens is 358 g/mol. The van der Waals surface area contributed by atoms with Crippen LogP contribution in [0.3, 0.4) is 0 Å². The second-order valence-corrected chi connectivity index (χ2v) is 10.1. The highest BCUT2D eigenvalue weighted by Gasteiger charge is 2.30. The number of likely N-dealkylation sites (tertiary alicyclic amines) is 1. The minimum Gasteiger partial charge on any atom is -0.327 e. The van der Waals surface area contributed by atoms with Gasteiger partial charge in [0.1, 0.15) is 0 Å². The first-order valence-electron chi connectivity index (χ1n) is 10.5. The molecule has 1 aliphatic heterocycles. The third kappa shape index (κ3) is 8.62. The lowest BCUT2D eigenvalue weighted by atomic mass is 10.0. The van der Waals surface area contributed by atoms with E-state index >= 15 is 0 Å². The number of unbranched alkanes of at least 4 members (excludes halogenated alkanes) is 5. The van der Waals surface area contributed by atoms with Crippen molar-refractivity contribution >= 4 is 15.9 Å². The van der Waals surface area contributed by atoms with E-state index in [4.69, 9.17) is 0 Å². The van der Waals surface area contributed by atoms with Crippen LogP contribution < -0.4 is 9.44 Å². The zero-order chi connectivity index (χ0) is 19.8. The Morgan fingerprint density at radius 2 is 1.70 bits per heavy atom. The zero-order valence-electron chi connectivity index (χ0n) is 17.3. The number of quaternary nitrogens is 1. The van der Waals surface area contributed by atoms with E-state index in [2.05, 4.69) is 30.5 Å². The molecule has 0 bridgehead atoms. The molecule has 0 spiro atoms. The minimum atomic E-state index is -3.54. The fourth-order valence-electron chi connectivity index (χ4n) is 3.89. The minimum absolute atomic E-state index is 0.00164. The van der Waals surface area contributed by atoms with Crippen molar-refractivity contribution in [3.05, 3.63) is 29.8 Å². The van der Waals surface area contributed by atoms with Gasteiger partial charge in [-0.2, -0.15) is 13.1 Å². The summed E-state index contributed by atoms with van der Waals surface area (Å²) < 4.78 is 31.2. The molecule has 2 rings (SSSR count). The number of hydrogen-bond acceptors (Lipinski definition) is 2. The summed E-state index contributed by atoms with van der Waals surface area (Å²) in [5, 5.41) is 0. The molecule has 27 heavy (non-hydrogen) atoms. The lowest BCUT2D eigenvalue weighted by Crippen LogP contribution is -2.55. The van der Waals surface area contributed by atoms with Crippen LogP contribution in [-0.2, 0) is 16.6 Å². The summed E-state index contributed by atoms with van der Waals surface area (Å²) >= 11 is 0. The number of anilines is 1. The van der Waals surface area contributed by atoms with Gasteiger partial charge in [0.2, 0.25) is 0 Å². The molecule has 1 aliphatic rings. The zero-order valence-corrected chi connectivity index (χ0v) is 18.2. The highest BCUT2D eigenvalue weighted by molar-refractivity contribution is 7.90. The summed E-state index contributed by atoms with van der Waals surface area (Å²) in [6, 6.07) is 7.80. The summed E-state index contributed by atoms with van der Waals surface area (Å²) in [4.78, 5) is 0. The Morgan fingerprint density at radius 1 is 1.04 bits per heavy atom. The molecule has 1 saturated heterocycles. The van der Waals surface area contributed by atoms with Gasteiger partial charge in [0.05, 0.1) is 33.2 Å². The fourth-order valence-corrected chi connectivity index (χ4v) is 5.03. The van der Waals surface area contributed by atoms with Crippen molar-refractivity contribution in [1.29, 1.82) is 0 Å². The van der Waals surface area contributed by atoms with E-state index in [-0.39, 0.29) is 6.04 Å². The van der Waals surface area contributed by atoms with Crippen LogP contribution in [-0.4, -0.2) is 46.1 Å². The van der Waals surface area contributed by atoms with Gasteiger partial charge in [-0.1, -0.05) is 51.2 Å². The highest BCUT2D eigenvalue weighted by atomic mass is 32.2. The first kappa shape index (κ1) is 22.2. The Kier molecular flexibility index (Phi) is 8.58. The van der Waals surface area contributed by atoms with Crippen LogP contribution in [0, 0.1) is 0 Å². The fraction of sp³-hybridized carbons (Fsp3) is 0.714. The van der Waals surface area contributed by atoms with E-state index in [1.165, 1.54) is 44.1 Å². The normalized spacial score (nSPS) is 19.7. The number of rotatable bonds is 11. The summed E-state index contributed by atoms with van der Waals surface area (Å²) in [5.41, 5.74) is 1.89. The van der Waals surface area contributed by atoms with Crippen molar-refractivity contribution in [2.75, 3.05) is 31.9 Å². The summed E-state index contributed by atoms with van der Waals surface area (Å²) in [5.74, 6) is 0. The molecular formula is C21H38N3O2S+. The predicted molar refractivity (Wildman–Crippen MR) is 114 cm³/mol. The molecule has 0 radical (unpaired) electrons. The van der Waals surface area contributed by atoms with Gasteiger partial charge in [-0.15, -0.1) is 0 Å². The summed E-state index contributed by atoms with van der Waals surface area (Å²) in [7, 11) is 0.761. The number of nitrogens with zero attached hydrogens (tertiary/aromatic N) is 1. The van der Waals surface area contributed by atoms with Gasteiger partial charge in [0.15, 0.2) is 0 Å². The number of nitrogens with one attached hydrogen (secondary N) is 2. The van der Waals surface area contributed by atoms with Crippen molar-refractivity contribution < 1.29 is 12.9 Å². The number of likely N-dealkylation sites (N-methyl/N-ethyl adjacent to an activating group) is 1. The van der Waals surface area contributed by atoms with E-state index in [1.54, 1.807) is 0 Å². The number of piperidine rings is 1. The first-order valence-corrected chi connectivity index (χ1v) is 12.0. The Hall–Kier alpha value is -1.11. The van der Waals surface area contributed by atoms with Gasteiger partial charge in [0.25, 0.3) is 10.2 Å². The van der Waals surface area contributed by atoms with Gasteiger partial charge in [0, 0.05) is 5.69 Å². The maximum atomic E-state index is 12.4. The van der Waals surface area contributed by atoms with Crippen molar-refractivity contribution in [2.24, 2.45) is 0 Å². The molecule has 154 valence electrons. The Balaban J connectivity index is 1.77. The van der Waals surface area contributed by atoms with E-state index in [0.717, 1.165) is 36.8 Å². The van der Waals surface area contributed by atoms with Crippen LogP contribution in [0.1, 0.15) is 63.9 Å². The Bertz CT molecular complexity index is 657. The molecule has 1 aromatic rings. The average molecular weight is 397 g/mol. The van der Waals surface area contributed by atoms with Crippen LogP contribution in [0.5, 0.6) is 0 Å².